The fraction of sp³-hybridized carbons (Fsp3) is 0.368. The number of amides is 2. The number of carbonyl (C=O) groups is 3. The predicted octanol–water partition coefficient (Wildman–Crippen LogP) is 7.14. The number of oxime groups is 1. The lowest BCUT2D eigenvalue weighted by Gasteiger charge is -2.34. The molecule has 3 atom stereocenters. The average Bonchev–Trinajstić information content (AvgIpc) is 3.25. The molecule has 3 aromatic carbocycles. The van der Waals surface area contributed by atoms with Crippen LogP contribution in [0.5, 0.6) is 0 Å². The first kappa shape index (κ1) is 36.0. The Kier molecular flexibility index (Phi) is 11.2. The van der Waals surface area contributed by atoms with Crippen molar-refractivity contribution in [2.24, 2.45) is 17.0 Å². The number of carboxylic acid groups (broad SMARTS) is 1. The van der Waals surface area contributed by atoms with E-state index < -0.39 is 41.3 Å². The smallest absolute Gasteiger partial charge is 0.412 e. The molecular formula is C38H42F2N4O6. The number of aliphatic carboxylic acids is 1. The molecule has 264 valence electrons. The number of anilines is 2. The van der Waals surface area contributed by atoms with Crippen molar-refractivity contribution >= 4 is 40.8 Å². The molecule has 5 rings (SSSR count). The molecule has 50 heavy (non-hydrogen) atoms. The third-order valence-corrected chi connectivity index (χ3v) is 8.53. The van der Waals surface area contributed by atoms with E-state index in [1.807, 2.05) is 17.9 Å². The lowest BCUT2D eigenvalue weighted by atomic mass is 9.93. The number of hydrogen-bond donors (Lipinski definition) is 3. The number of hydrogen-bond acceptors (Lipinski definition) is 7. The second kappa shape index (κ2) is 15.5. The molecule has 0 aromatic heterocycles. The molecule has 12 heteroatoms. The number of piperidine rings is 1. The average molecular weight is 689 g/mol. The van der Waals surface area contributed by atoms with E-state index in [1.54, 1.807) is 69.3 Å². The second-order valence-electron chi connectivity index (χ2n) is 13.7. The highest BCUT2D eigenvalue weighted by Gasteiger charge is 2.30. The summed E-state index contributed by atoms with van der Waals surface area (Å²) in [4.78, 5) is 45.2. The Labute approximate surface area is 290 Å². The van der Waals surface area contributed by atoms with Crippen LogP contribution in [0.2, 0.25) is 0 Å². The standard InChI is InChI=1S/C38H42F2N4O6/c1-23-7-18-33(25-9-13-28(14-10-25)41-37(48)49-38(2,3)4)50-43-34(23)30-17-8-24(20-31(30)40)21-32(36(46)47)42-35(45)26-6-5-19-44(22-26)29-15-11-27(39)12-16-29/h8-18,20,23,26,32H,5-7,19,21-22H2,1-4H3,(H,41,48)(H,42,45)(H,46,47). The van der Waals surface area contributed by atoms with Gasteiger partial charge in [0.25, 0.3) is 0 Å². The van der Waals surface area contributed by atoms with E-state index in [4.69, 9.17) is 9.57 Å². The quantitative estimate of drug-likeness (QED) is 0.218. The molecule has 0 radical (unpaired) electrons. The fourth-order valence-corrected chi connectivity index (χ4v) is 5.94. The number of rotatable bonds is 9. The first-order chi connectivity index (χ1) is 23.8. The Hall–Kier alpha value is -5.26. The number of allylic oxidation sites excluding steroid dienone is 1. The molecule has 3 unspecified atom stereocenters. The molecule has 0 aliphatic carbocycles. The van der Waals surface area contributed by atoms with E-state index in [0.29, 0.717) is 54.2 Å². The van der Waals surface area contributed by atoms with E-state index in [0.717, 1.165) is 12.1 Å². The fourth-order valence-electron chi connectivity index (χ4n) is 5.94. The molecule has 0 saturated carbocycles. The van der Waals surface area contributed by atoms with Gasteiger partial charge >= 0.3 is 12.1 Å². The number of carboxylic acids is 1. The van der Waals surface area contributed by atoms with Gasteiger partial charge in [-0.25, -0.2) is 18.4 Å². The molecule has 0 spiro atoms. The topological polar surface area (TPSA) is 130 Å². The highest BCUT2D eigenvalue weighted by molar-refractivity contribution is 6.02. The van der Waals surface area contributed by atoms with Crippen molar-refractivity contribution in [2.45, 2.75) is 65.0 Å². The van der Waals surface area contributed by atoms with Crippen LogP contribution in [0, 0.1) is 23.5 Å². The van der Waals surface area contributed by atoms with Crippen molar-refractivity contribution in [1.29, 1.82) is 0 Å². The van der Waals surface area contributed by atoms with Crippen molar-refractivity contribution in [3.8, 4) is 0 Å². The molecule has 10 nitrogen and oxygen atoms in total. The number of carbonyl (C=O) groups excluding carboxylic acids is 2. The number of halogens is 2. The molecule has 2 aliphatic rings. The van der Waals surface area contributed by atoms with Crippen LogP contribution in [0.15, 0.2) is 78.0 Å². The second-order valence-corrected chi connectivity index (χ2v) is 13.7. The van der Waals surface area contributed by atoms with Gasteiger partial charge in [0.2, 0.25) is 5.91 Å². The normalized spacial score (nSPS) is 18.5. The van der Waals surface area contributed by atoms with Crippen LogP contribution in [0.3, 0.4) is 0 Å². The third kappa shape index (κ3) is 9.46. The maximum Gasteiger partial charge on any atom is 0.412 e. The first-order valence-corrected chi connectivity index (χ1v) is 16.6. The monoisotopic (exact) mass is 688 g/mol. The number of benzene rings is 3. The molecule has 1 saturated heterocycles. The largest absolute Gasteiger partial charge is 0.480 e. The van der Waals surface area contributed by atoms with Crippen molar-refractivity contribution in [3.05, 3.63) is 101 Å². The zero-order chi connectivity index (χ0) is 36.0. The van der Waals surface area contributed by atoms with Gasteiger partial charge < -0.3 is 24.9 Å². The summed E-state index contributed by atoms with van der Waals surface area (Å²) in [6.07, 6.45) is 3.02. The third-order valence-electron chi connectivity index (χ3n) is 8.53. The van der Waals surface area contributed by atoms with Gasteiger partial charge in [0, 0.05) is 47.9 Å². The Morgan fingerprint density at radius 3 is 2.44 bits per heavy atom. The van der Waals surface area contributed by atoms with Crippen molar-refractivity contribution in [2.75, 3.05) is 23.3 Å². The van der Waals surface area contributed by atoms with E-state index in [9.17, 15) is 23.9 Å². The van der Waals surface area contributed by atoms with Crippen molar-refractivity contribution < 1.29 is 37.8 Å². The van der Waals surface area contributed by atoms with Crippen LogP contribution in [-0.4, -0.2) is 53.5 Å². The van der Waals surface area contributed by atoms with E-state index in [2.05, 4.69) is 15.8 Å². The summed E-state index contributed by atoms with van der Waals surface area (Å²) in [5.41, 5.74) is 2.46. The summed E-state index contributed by atoms with van der Waals surface area (Å²) in [6, 6.07) is 16.2. The Balaban J connectivity index is 1.21. The molecule has 1 fully saturated rings. The maximum absolute atomic E-state index is 15.6. The Morgan fingerprint density at radius 2 is 1.78 bits per heavy atom. The van der Waals surface area contributed by atoms with Crippen molar-refractivity contribution in [1.82, 2.24) is 5.32 Å². The highest BCUT2D eigenvalue weighted by atomic mass is 19.1. The van der Waals surface area contributed by atoms with Crippen LogP contribution in [0.4, 0.5) is 25.0 Å². The minimum atomic E-state index is -1.26. The Bertz CT molecular complexity index is 1770. The van der Waals surface area contributed by atoms with Crippen LogP contribution in [0.1, 0.15) is 63.6 Å². The molecule has 2 amide bonds. The predicted molar refractivity (Wildman–Crippen MR) is 187 cm³/mol. The minimum absolute atomic E-state index is 0.115. The zero-order valence-electron chi connectivity index (χ0n) is 28.5. The van der Waals surface area contributed by atoms with Gasteiger partial charge in [0.15, 0.2) is 5.76 Å². The molecular weight excluding hydrogens is 646 g/mol. The van der Waals surface area contributed by atoms with Crippen LogP contribution >= 0.6 is 0 Å². The van der Waals surface area contributed by atoms with Gasteiger partial charge in [-0.15, -0.1) is 0 Å². The van der Waals surface area contributed by atoms with E-state index in [-0.39, 0.29) is 23.7 Å². The lowest BCUT2D eigenvalue weighted by molar-refractivity contribution is -0.142. The number of nitrogens with one attached hydrogen (secondary N) is 2. The molecule has 2 heterocycles. The van der Waals surface area contributed by atoms with Gasteiger partial charge in [-0.2, -0.15) is 0 Å². The number of nitrogens with zero attached hydrogens (tertiary/aromatic N) is 2. The minimum Gasteiger partial charge on any atom is -0.480 e. The summed E-state index contributed by atoms with van der Waals surface area (Å²) in [6.45, 7) is 8.33. The van der Waals surface area contributed by atoms with Gasteiger partial charge in [0.1, 0.15) is 23.3 Å². The zero-order valence-corrected chi connectivity index (χ0v) is 28.5. The first-order valence-electron chi connectivity index (χ1n) is 16.6. The molecule has 3 N–H and O–H groups in total. The van der Waals surface area contributed by atoms with Gasteiger partial charge in [0.05, 0.1) is 11.6 Å². The lowest BCUT2D eigenvalue weighted by Crippen LogP contribution is -2.49. The van der Waals surface area contributed by atoms with Crippen LogP contribution < -0.4 is 15.5 Å². The Morgan fingerprint density at radius 1 is 1.06 bits per heavy atom. The molecule has 0 bridgehead atoms. The summed E-state index contributed by atoms with van der Waals surface area (Å²) >= 11 is 0. The molecule has 3 aromatic rings. The van der Waals surface area contributed by atoms with Gasteiger partial charge in [-0.1, -0.05) is 18.1 Å². The summed E-state index contributed by atoms with van der Waals surface area (Å²) in [5.74, 6) is -2.72. The van der Waals surface area contributed by atoms with Gasteiger partial charge in [-0.3, -0.25) is 10.1 Å². The summed E-state index contributed by atoms with van der Waals surface area (Å²) in [5, 5.41) is 19.5. The number of ether oxygens (including phenoxy) is 1. The molecule has 2 aliphatic heterocycles. The van der Waals surface area contributed by atoms with Gasteiger partial charge in [-0.05, 0) is 112 Å². The van der Waals surface area contributed by atoms with Crippen LogP contribution in [-0.2, 0) is 25.6 Å². The van der Waals surface area contributed by atoms with E-state index in [1.165, 1.54) is 18.2 Å². The summed E-state index contributed by atoms with van der Waals surface area (Å²) in [7, 11) is 0. The summed E-state index contributed by atoms with van der Waals surface area (Å²) < 4.78 is 34.3. The van der Waals surface area contributed by atoms with E-state index >= 15 is 4.39 Å². The SMILES string of the molecule is CC1CC=C(c2ccc(NC(=O)OC(C)(C)C)cc2)ON=C1c1ccc(CC(NC(=O)C2CCCN(c3ccc(F)cc3)C2)C(=O)O)cc1F. The van der Waals surface area contributed by atoms with Crippen molar-refractivity contribution in [3.63, 3.8) is 0 Å². The van der Waals surface area contributed by atoms with Crippen LogP contribution in [0.25, 0.3) is 5.76 Å². The highest BCUT2D eigenvalue weighted by Crippen LogP contribution is 2.28. The maximum atomic E-state index is 15.6.